The van der Waals surface area contributed by atoms with Crippen LogP contribution in [0.5, 0.6) is 5.75 Å². The number of H-pyrrole nitrogens is 1. The molecular weight excluding hydrogens is 416 g/mol. The van der Waals surface area contributed by atoms with Crippen LogP contribution in [0, 0.1) is 6.92 Å². The highest BCUT2D eigenvalue weighted by Crippen LogP contribution is 2.39. The molecule has 1 aliphatic rings. The Bertz CT molecular complexity index is 1180. The molecule has 2 aromatic carbocycles. The number of hydrogen-bond donors (Lipinski definition) is 0. The Kier molecular flexibility index (Phi) is 6.27. The molecule has 168 valence electrons. The Morgan fingerprint density at radius 2 is 1.76 bits per heavy atom. The van der Waals surface area contributed by atoms with Gasteiger partial charge in [-0.15, -0.1) is 0 Å². The van der Waals surface area contributed by atoms with Crippen molar-refractivity contribution in [2.24, 2.45) is 0 Å². The van der Waals surface area contributed by atoms with Gasteiger partial charge in [0, 0.05) is 17.2 Å². The van der Waals surface area contributed by atoms with Gasteiger partial charge in [-0.3, -0.25) is 9.59 Å². The largest absolute Gasteiger partial charge is 0.872 e. The Morgan fingerprint density at radius 1 is 1.06 bits per heavy atom. The average molecular weight is 443 g/mol. The molecule has 1 unspecified atom stereocenters. The second-order valence-electron chi connectivity index (χ2n) is 8.42. The van der Waals surface area contributed by atoms with Crippen LogP contribution in [-0.4, -0.2) is 22.7 Å². The predicted octanol–water partition coefficient (Wildman–Crippen LogP) is 3.02. The van der Waals surface area contributed by atoms with E-state index in [1.54, 1.807) is 36.7 Å². The number of hydrogen-bond acceptors (Lipinski definition) is 4. The molecule has 1 aliphatic heterocycles. The number of ketones is 1. The third-order valence-corrected chi connectivity index (χ3v) is 5.54. The molecule has 1 atom stereocenters. The van der Waals surface area contributed by atoms with Crippen molar-refractivity contribution in [3.8, 4) is 5.75 Å². The van der Waals surface area contributed by atoms with Crippen molar-refractivity contribution in [3.05, 3.63) is 101 Å². The molecule has 6 heteroatoms. The van der Waals surface area contributed by atoms with Crippen molar-refractivity contribution in [1.82, 2.24) is 4.90 Å². The first-order chi connectivity index (χ1) is 15.8. The molecule has 0 radical (unpaired) electrons. The number of nitrogens with zero attached hydrogens (tertiary/aromatic N) is 1. The van der Waals surface area contributed by atoms with Gasteiger partial charge in [-0.1, -0.05) is 47.7 Å². The quantitative estimate of drug-likeness (QED) is 0.334. The summed E-state index contributed by atoms with van der Waals surface area (Å²) in [7, 11) is 0. The molecular formula is C27H26N2O4. The number of Topliss-reactive ketones (excluding diaryl/α,β-unsaturated/α-hetero) is 1. The first kappa shape index (κ1) is 22.3. The molecule has 1 fully saturated rings. The van der Waals surface area contributed by atoms with Crippen LogP contribution in [0.25, 0.3) is 5.76 Å². The summed E-state index contributed by atoms with van der Waals surface area (Å²) in [6.45, 7) is 6.01. The van der Waals surface area contributed by atoms with E-state index in [2.05, 4.69) is 4.98 Å². The highest BCUT2D eigenvalue weighted by atomic mass is 16.5. The Hall–Kier alpha value is -3.93. The predicted molar refractivity (Wildman–Crippen MR) is 122 cm³/mol. The van der Waals surface area contributed by atoms with Gasteiger partial charge in [0.05, 0.1) is 18.7 Å². The molecule has 6 nitrogen and oxygen atoms in total. The number of aromatic amines is 1. The maximum Gasteiger partial charge on any atom is 0.295 e. The van der Waals surface area contributed by atoms with E-state index >= 15 is 0 Å². The fraction of sp³-hybridized carbons (Fsp3) is 0.222. The monoisotopic (exact) mass is 442 g/mol. The lowest BCUT2D eigenvalue weighted by atomic mass is 9.94. The van der Waals surface area contributed by atoms with E-state index in [1.165, 1.54) is 4.90 Å². The minimum Gasteiger partial charge on any atom is -0.872 e. The van der Waals surface area contributed by atoms with Gasteiger partial charge in [0.1, 0.15) is 5.75 Å². The van der Waals surface area contributed by atoms with E-state index in [4.69, 9.17) is 4.74 Å². The maximum atomic E-state index is 13.5. The number of nitrogens with one attached hydrogen (secondary N) is 1. The van der Waals surface area contributed by atoms with E-state index in [9.17, 15) is 14.7 Å². The van der Waals surface area contributed by atoms with Crippen molar-refractivity contribution >= 4 is 17.4 Å². The number of ether oxygens (including phenoxy) is 1. The highest BCUT2D eigenvalue weighted by molar-refractivity contribution is 6.46. The van der Waals surface area contributed by atoms with Crippen molar-refractivity contribution in [3.63, 3.8) is 0 Å². The standard InChI is InChI=1S/C27H26N2O4/c1-17(2)33-22-12-10-21(11-13-22)25(30)23-24(20-8-6-18(3)7-9-20)29(27(32)26(23)31)16-19-5-4-14-28-15-19/h4-15,17,24,30H,16H2,1-3H3/b25-23+. The number of aryl methyl sites for hydroxylation is 1. The van der Waals surface area contributed by atoms with E-state index in [0.717, 1.165) is 16.7 Å². The molecule has 0 aliphatic carbocycles. The molecule has 1 saturated heterocycles. The van der Waals surface area contributed by atoms with Gasteiger partial charge in [-0.05, 0) is 50.1 Å². The van der Waals surface area contributed by atoms with Crippen molar-refractivity contribution < 1.29 is 24.4 Å². The minimum atomic E-state index is -0.759. The molecule has 2 heterocycles. The van der Waals surface area contributed by atoms with Gasteiger partial charge < -0.3 is 14.7 Å². The van der Waals surface area contributed by atoms with Crippen LogP contribution in [0.3, 0.4) is 0 Å². The summed E-state index contributed by atoms with van der Waals surface area (Å²) in [4.78, 5) is 30.6. The third-order valence-electron chi connectivity index (χ3n) is 5.54. The van der Waals surface area contributed by atoms with E-state index in [0.29, 0.717) is 11.3 Å². The molecule has 0 saturated carbocycles. The van der Waals surface area contributed by atoms with Crippen LogP contribution in [0.2, 0.25) is 0 Å². The van der Waals surface area contributed by atoms with Crippen molar-refractivity contribution in [1.29, 1.82) is 0 Å². The maximum absolute atomic E-state index is 13.5. The Labute approximate surface area is 193 Å². The zero-order valence-corrected chi connectivity index (χ0v) is 18.9. The summed E-state index contributed by atoms with van der Waals surface area (Å²) in [6, 6.07) is 17.2. The van der Waals surface area contributed by atoms with E-state index in [1.807, 2.05) is 57.2 Å². The number of amides is 1. The summed E-state index contributed by atoms with van der Waals surface area (Å²) in [5, 5.41) is 13.5. The Morgan fingerprint density at radius 3 is 2.36 bits per heavy atom. The number of pyridine rings is 1. The van der Waals surface area contributed by atoms with Crippen LogP contribution in [0.1, 0.15) is 42.1 Å². The number of carbonyl (C=O) groups excluding carboxylic acids is 2. The van der Waals surface area contributed by atoms with Crippen molar-refractivity contribution in [2.45, 2.75) is 39.5 Å². The fourth-order valence-electron chi connectivity index (χ4n) is 3.97. The number of benzene rings is 2. The smallest absolute Gasteiger partial charge is 0.295 e. The molecule has 0 bridgehead atoms. The third kappa shape index (κ3) is 4.65. The summed E-state index contributed by atoms with van der Waals surface area (Å²) < 4.78 is 5.65. The average Bonchev–Trinajstić information content (AvgIpc) is 3.05. The number of rotatable bonds is 6. The zero-order valence-electron chi connectivity index (χ0n) is 18.9. The molecule has 3 aromatic rings. The molecule has 33 heavy (non-hydrogen) atoms. The van der Waals surface area contributed by atoms with Gasteiger partial charge in [-0.25, -0.2) is 4.98 Å². The summed E-state index contributed by atoms with van der Waals surface area (Å²) in [5.41, 5.74) is 2.92. The van der Waals surface area contributed by atoms with Crippen molar-refractivity contribution in [2.75, 3.05) is 0 Å². The zero-order chi connectivity index (χ0) is 23.5. The Balaban J connectivity index is 1.79. The molecule has 4 rings (SSSR count). The van der Waals surface area contributed by atoms with Gasteiger partial charge >= 0.3 is 0 Å². The first-order valence-electron chi connectivity index (χ1n) is 10.9. The first-order valence-corrected chi connectivity index (χ1v) is 10.9. The van der Waals surface area contributed by atoms with Gasteiger partial charge in [0.15, 0.2) is 12.4 Å². The van der Waals surface area contributed by atoms with Crippen LogP contribution in [0.4, 0.5) is 0 Å². The minimum absolute atomic E-state index is 0.00432. The normalized spacial score (nSPS) is 17.6. The van der Waals surface area contributed by atoms with Gasteiger partial charge in [0.2, 0.25) is 5.78 Å². The summed E-state index contributed by atoms with van der Waals surface area (Å²) in [5.74, 6) is -1.24. The highest BCUT2D eigenvalue weighted by Gasteiger charge is 2.44. The number of carbonyl (C=O) groups is 2. The molecule has 1 amide bonds. The van der Waals surface area contributed by atoms with Crippen LogP contribution in [-0.2, 0) is 16.1 Å². The molecule has 1 N–H and O–H groups in total. The second kappa shape index (κ2) is 9.28. The van der Waals surface area contributed by atoms with E-state index in [-0.39, 0.29) is 18.2 Å². The van der Waals surface area contributed by atoms with Gasteiger partial charge in [-0.2, -0.15) is 0 Å². The topological polar surface area (TPSA) is 83.8 Å². The SMILES string of the molecule is Cc1ccc(C2/C(=C(\[O-])c3ccc(OC(C)C)cc3)C(=O)C(=O)N2Cc2ccc[nH+]c2)cc1. The van der Waals surface area contributed by atoms with Crippen LogP contribution < -0.4 is 14.8 Å². The van der Waals surface area contributed by atoms with E-state index < -0.39 is 23.5 Å². The molecule has 1 aromatic heterocycles. The molecule has 0 spiro atoms. The number of aromatic nitrogens is 1. The lowest BCUT2D eigenvalue weighted by molar-refractivity contribution is -0.378. The fourth-order valence-corrected chi connectivity index (χ4v) is 3.97. The summed E-state index contributed by atoms with van der Waals surface area (Å²) in [6.07, 6.45) is 3.55. The van der Waals surface area contributed by atoms with Gasteiger partial charge in [0.25, 0.3) is 5.91 Å². The summed E-state index contributed by atoms with van der Waals surface area (Å²) >= 11 is 0. The second-order valence-corrected chi connectivity index (χ2v) is 8.42. The van der Waals surface area contributed by atoms with Crippen LogP contribution in [0.15, 0.2) is 78.6 Å². The lowest BCUT2D eigenvalue weighted by Crippen LogP contribution is -2.29. The number of likely N-dealkylation sites (tertiary alicyclic amines) is 1. The lowest BCUT2D eigenvalue weighted by Gasteiger charge is -2.27. The van der Waals surface area contributed by atoms with Crippen LogP contribution >= 0.6 is 0 Å².